The molecule has 0 fully saturated rings. The number of unbranched alkanes of at least 4 members (excludes halogenated alkanes) is 3. The molecule has 37 heavy (non-hydrogen) atoms. The van der Waals surface area contributed by atoms with Crippen molar-refractivity contribution < 1.29 is 23.5 Å². The lowest BCUT2D eigenvalue weighted by Crippen LogP contribution is -2.41. The van der Waals surface area contributed by atoms with Crippen molar-refractivity contribution >= 4 is 10.8 Å². The van der Waals surface area contributed by atoms with Gasteiger partial charge in [-0.15, -0.1) is 0 Å². The van der Waals surface area contributed by atoms with E-state index in [2.05, 4.69) is 55.0 Å². The first-order valence-electron chi connectivity index (χ1n) is 13.0. The number of fused-ring (bicyclic) bond motifs is 4. The van der Waals surface area contributed by atoms with Crippen LogP contribution in [0.1, 0.15) is 50.7 Å². The van der Waals surface area contributed by atoms with Gasteiger partial charge in [0.2, 0.25) is 5.69 Å². The molecule has 0 amide bonds. The van der Waals surface area contributed by atoms with Gasteiger partial charge in [-0.3, -0.25) is 0 Å². The molecule has 1 aromatic heterocycles. The summed E-state index contributed by atoms with van der Waals surface area (Å²) in [5.74, 6) is 3.00. The molecule has 6 nitrogen and oxygen atoms in total. The zero-order valence-electron chi connectivity index (χ0n) is 22.6. The Morgan fingerprint density at radius 3 is 2.49 bits per heavy atom. The number of ether oxygens (including phenoxy) is 4. The minimum atomic E-state index is 0.517. The van der Waals surface area contributed by atoms with Gasteiger partial charge in [0.25, 0.3) is 0 Å². The molecule has 0 radical (unpaired) electrons. The fourth-order valence-corrected chi connectivity index (χ4v) is 5.13. The number of allylic oxidation sites excluding steroid dienone is 1. The van der Waals surface area contributed by atoms with E-state index in [1.165, 1.54) is 33.3 Å². The van der Waals surface area contributed by atoms with Crippen molar-refractivity contribution in [2.75, 3.05) is 27.9 Å². The molecule has 0 aliphatic carbocycles. The molecular formula is C31H37N2O4+. The van der Waals surface area contributed by atoms with E-state index >= 15 is 0 Å². The predicted octanol–water partition coefficient (Wildman–Crippen LogP) is 6.35. The molecule has 0 bridgehead atoms. The van der Waals surface area contributed by atoms with Crippen LogP contribution in [-0.2, 0) is 19.4 Å². The van der Waals surface area contributed by atoms with Gasteiger partial charge in [0.05, 0.1) is 38.3 Å². The molecular weight excluding hydrogens is 464 g/mol. The molecule has 1 aliphatic heterocycles. The highest BCUT2D eigenvalue weighted by Crippen LogP contribution is 2.43. The summed E-state index contributed by atoms with van der Waals surface area (Å²) in [6.07, 6.45) is 9.63. The number of pyridine rings is 1. The van der Waals surface area contributed by atoms with Crippen molar-refractivity contribution in [3.05, 3.63) is 53.2 Å². The summed E-state index contributed by atoms with van der Waals surface area (Å²) in [6.45, 7) is 5.51. The van der Waals surface area contributed by atoms with Crippen LogP contribution >= 0.6 is 0 Å². The summed E-state index contributed by atoms with van der Waals surface area (Å²) in [5, 5.41) is 11.2. The van der Waals surface area contributed by atoms with Crippen LogP contribution in [0, 0.1) is 11.3 Å². The molecule has 0 atom stereocenters. The van der Waals surface area contributed by atoms with Gasteiger partial charge in [0.15, 0.2) is 35.7 Å². The molecule has 194 valence electrons. The maximum absolute atomic E-state index is 8.95. The van der Waals surface area contributed by atoms with E-state index in [0.29, 0.717) is 13.0 Å². The standard InChI is InChI=1S/C31H37N2O4/c1-21(2)14-17-37-29-18-22-13-16-33-20-26-23(11-12-27(34-3)31(26)36-5)24(10-8-6-7-9-15-32)30(33)25(22)19-28(29)35-4/h11-12,14,18-20H,6-10,13,16-17H2,1-5H3/q+1. The van der Waals surface area contributed by atoms with Gasteiger partial charge in [0.1, 0.15) is 6.61 Å². The maximum Gasteiger partial charge on any atom is 0.216 e. The van der Waals surface area contributed by atoms with Gasteiger partial charge in [0, 0.05) is 23.8 Å². The number of hydrogen-bond donors (Lipinski definition) is 0. The lowest BCUT2D eigenvalue weighted by atomic mass is 9.89. The number of nitriles is 1. The smallest absolute Gasteiger partial charge is 0.216 e. The summed E-state index contributed by atoms with van der Waals surface area (Å²) in [6, 6.07) is 10.7. The van der Waals surface area contributed by atoms with Crippen LogP contribution in [0.2, 0.25) is 0 Å². The van der Waals surface area contributed by atoms with E-state index in [-0.39, 0.29) is 0 Å². The van der Waals surface area contributed by atoms with Gasteiger partial charge in [-0.25, -0.2) is 0 Å². The number of nitrogens with zero attached hydrogens (tertiary/aromatic N) is 2. The molecule has 0 unspecified atom stereocenters. The first-order valence-corrected chi connectivity index (χ1v) is 13.0. The first kappa shape index (κ1) is 26.3. The molecule has 0 saturated carbocycles. The van der Waals surface area contributed by atoms with Crippen LogP contribution in [0.25, 0.3) is 22.0 Å². The second-order valence-corrected chi connectivity index (χ2v) is 9.63. The minimum Gasteiger partial charge on any atom is -0.493 e. The average Bonchev–Trinajstić information content (AvgIpc) is 2.90. The van der Waals surface area contributed by atoms with Gasteiger partial charge in [-0.2, -0.15) is 9.83 Å². The Morgan fingerprint density at radius 1 is 0.973 bits per heavy atom. The Hall–Kier alpha value is -3.72. The highest BCUT2D eigenvalue weighted by molar-refractivity contribution is 5.95. The van der Waals surface area contributed by atoms with Crippen molar-refractivity contribution in [1.82, 2.24) is 0 Å². The summed E-state index contributed by atoms with van der Waals surface area (Å²) < 4.78 is 25.6. The topological polar surface area (TPSA) is 64.6 Å². The number of methoxy groups -OCH3 is 3. The Labute approximate surface area is 220 Å². The largest absolute Gasteiger partial charge is 0.493 e. The molecule has 6 heteroatoms. The number of aryl methyl sites for hydroxylation is 3. The maximum atomic E-state index is 8.95. The van der Waals surface area contributed by atoms with Crippen molar-refractivity contribution in [3.63, 3.8) is 0 Å². The summed E-state index contributed by atoms with van der Waals surface area (Å²) in [7, 11) is 5.06. The van der Waals surface area contributed by atoms with E-state index < -0.39 is 0 Å². The average molecular weight is 502 g/mol. The van der Waals surface area contributed by atoms with E-state index in [9.17, 15) is 0 Å². The number of benzene rings is 2. The monoisotopic (exact) mass is 501 g/mol. The van der Waals surface area contributed by atoms with Crippen molar-refractivity contribution in [2.45, 2.75) is 58.9 Å². The molecule has 2 aromatic carbocycles. The predicted molar refractivity (Wildman–Crippen MR) is 146 cm³/mol. The third kappa shape index (κ3) is 5.51. The minimum absolute atomic E-state index is 0.517. The first-order chi connectivity index (χ1) is 18.0. The van der Waals surface area contributed by atoms with Gasteiger partial charge >= 0.3 is 0 Å². The van der Waals surface area contributed by atoms with E-state index in [4.69, 9.17) is 24.2 Å². The SMILES string of the molecule is COc1cc2c(cc1OCC=C(C)C)CC[n+]1cc3c(OC)c(OC)ccc3c(CCCCCC#N)c1-2. The highest BCUT2D eigenvalue weighted by Gasteiger charge is 2.31. The summed E-state index contributed by atoms with van der Waals surface area (Å²) >= 11 is 0. The van der Waals surface area contributed by atoms with E-state index in [1.807, 2.05) is 6.07 Å². The molecule has 1 aliphatic rings. The zero-order valence-corrected chi connectivity index (χ0v) is 22.6. The normalized spacial score (nSPS) is 11.8. The summed E-state index contributed by atoms with van der Waals surface area (Å²) in [4.78, 5) is 0. The number of rotatable bonds is 11. The Morgan fingerprint density at radius 2 is 1.78 bits per heavy atom. The molecule has 0 spiro atoms. The highest BCUT2D eigenvalue weighted by atomic mass is 16.5. The van der Waals surface area contributed by atoms with Crippen LogP contribution < -0.4 is 23.5 Å². The molecule has 0 saturated heterocycles. The Kier molecular flexibility index (Phi) is 8.55. The molecule has 4 rings (SSSR count). The molecule has 2 heterocycles. The van der Waals surface area contributed by atoms with Crippen LogP contribution in [0.3, 0.4) is 0 Å². The second-order valence-electron chi connectivity index (χ2n) is 9.63. The number of hydrogen-bond acceptors (Lipinski definition) is 5. The van der Waals surface area contributed by atoms with Crippen molar-refractivity contribution in [1.29, 1.82) is 5.26 Å². The number of aromatic nitrogens is 1. The lowest BCUT2D eigenvalue weighted by Gasteiger charge is -2.22. The van der Waals surface area contributed by atoms with Gasteiger partial charge < -0.3 is 18.9 Å². The Balaban J connectivity index is 1.86. The zero-order chi connectivity index (χ0) is 26.4. The van der Waals surface area contributed by atoms with E-state index in [0.717, 1.165) is 67.0 Å². The Bertz CT molecular complexity index is 1350. The summed E-state index contributed by atoms with van der Waals surface area (Å²) in [5.41, 5.74) is 6.17. The fourth-order valence-electron chi connectivity index (χ4n) is 5.13. The van der Waals surface area contributed by atoms with Crippen LogP contribution in [0.15, 0.2) is 42.1 Å². The van der Waals surface area contributed by atoms with Crippen LogP contribution in [0.4, 0.5) is 0 Å². The van der Waals surface area contributed by atoms with Crippen LogP contribution in [0.5, 0.6) is 23.0 Å². The third-order valence-electron chi connectivity index (χ3n) is 6.98. The van der Waals surface area contributed by atoms with E-state index in [1.54, 1.807) is 21.3 Å². The molecule has 3 aromatic rings. The van der Waals surface area contributed by atoms with Crippen LogP contribution in [-0.4, -0.2) is 27.9 Å². The van der Waals surface area contributed by atoms with Gasteiger partial charge in [-0.05, 0) is 69.0 Å². The van der Waals surface area contributed by atoms with Crippen molar-refractivity contribution in [3.8, 4) is 40.3 Å². The second kappa shape index (κ2) is 12.0. The molecule has 0 N–H and O–H groups in total. The van der Waals surface area contributed by atoms with Crippen molar-refractivity contribution in [2.24, 2.45) is 0 Å². The lowest BCUT2D eigenvalue weighted by molar-refractivity contribution is -0.686. The van der Waals surface area contributed by atoms with Gasteiger partial charge in [-0.1, -0.05) is 12.0 Å². The third-order valence-corrected chi connectivity index (χ3v) is 6.98. The fraction of sp³-hybridized carbons (Fsp3) is 0.419. The quantitative estimate of drug-likeness (QED) is 0.174.